The molecule has 62 valence electrons. The van der Waals surface area contributed by atoms with E-state index >= 15 is 0 Å². The summed E-state index contributed by atoms with van der Waals surface area (Å²) in [6.45, 7) is 2.09. The molecule has 4 heteroatoms. The van der Waals surface area contributed by atoms with E-state index in [1.165, 1.54) is 0 Å². The molecule has 1 aromatic heterocycles. The van der Waals surface area contributed by atoms with E-state index < -0.39 is 0 Å². The number of aliphatic hydroxyl groups is 1. The fourth-order valence-corrected chi connectivity index (χ4v) is 1.61. The summed E-state index contributed by atoms with van der Waals surface area (Å²) in [6.07, 6.45) is 2.41. The van der Waals surface area contributed by atoms with Gasteiger partial charge in [-0.3, -0.25) is 0 Å². The Balaban J connectivity index is 2.66. The molecule has 0 radical (unpaired) electrons. The molecule has 0 saturated heterocycles. The Hall–Kier alpha value is -0.450. The van der Waals surface area contributed by atoms with Crippen LogP contribution in [0.3, 0.4) is 0 Å². The maximum Gasteiger partial charge on any atom is 0.0951 e. The molecule has 3 N–H and O–H groups in total. The molecule has 0 spiro atoms. The van der Waals surface area contributed by atoms with Gasteiger partial charge < -0.3 is 10.8 Å². The second kappa shape index (κ2) is 3.80. The quantitative estimate of drug-likeness (QED) is 0.705. The molecule has 0 aliphatic heterocycles. The zero-order chi connectivity index (χ0) is 8.27. The third-order valence-electron chi connectivity index (χ3n) is 1.35. The van der Waals surface area contributed by atoms with Crippen LogP contribution in [0.25, 0.3) is 0 Å². The largest absolute Gasteiger partial charge is 0.396 e. The molecule has 3 nitrogen and oxygen atoms in total. The van der Waals surface area contributed by atoms with Gasteiger partial charge in [0.2, 0.25) is 0 Å². The standard InChI is InChI=1S/C7H12N2OS/c1-5(8)6-4-9-7(11-6)2-3-10/h4-5,10H,2-3,8H2,1H3. The first-order chi connectivity index (χ1) is 5.24. The first-order valence-corrected chi connectivity index (χ1v) is 4.36. The van der Waals surface area contributed by atoms with Crippen molar-refractivity contribution in [1.82, 2.24) is 4.98 Å². The highest BCUT2D eigenvalue weighted by Crippen LogP contribution is 2.18. The minimum atomic E-state index is 0.0555. The summed E-state index contributed by atoms with van der Waals surface area (Å²) in [5.74, 6) is 0. The molecule has 11 heavy (non-hydrogen) atoms. The molecule has 0 aliphatic rings. The average Bonchev–Trinajstić information content (AvgIpc) is 2.37. The van der Waals surface area contributed by atoms with Gasteiger partial charge in [-0.25, -0.2) is 4.98 Å². The summed E-state index contributed by atoms with van der Waals surface area (Å²) >= 11 is 1.57. The highest BCUT2D eigenvalue weighted by atomic mass is 32.1. The van der Waals surface area contributed by atoms with E-state index in [0.717, 1.165) is 9.88 Å². The smallest absolute Gasteiger partial charge is 0.0951 e. The first kappa shape index (κ1) is 8.64. The molecule has 0 aromatic carbocycles. The van der Waals surface area contributed by atoms with Gasteiger partial charge >= 0.3 is 0 Å². The normalized spacial score (nSPS) is 13.4. The number of nitrogens with zero attached hydrogens (tertiary/aromatic N) is 1. The highest BCUT2D eigenvalue weighted by Gasteiger charge is 2.04. The number of aromatic nitrogens is 1. The lowest BCUT2D eigenvalue weighted by Crippen LogP contribution is -2.01. The Morgan fingerprint density at radius 2 is 2.55 bits per heavy atom. The van der Waals surface area contributed by atoms with Gasteiger partial charge in [-0.1, -0.05) is 0 Å². The molecule has 1 heterocycles. The van der Waals surface area contributed by atoms with Crippen LogP contribution in [-0.4, -0.2) is 16.7 Å². The molecule has 0 bridgehead atoms. The van der Waals surface area contributed by atoms with Crippen LogP contribution in [0.5, 0.6) is 0 Å². The van der Waals surface area contributed by atoms with Gasteiger partial charge in [0, 0.05) is 30.1 Å². The SMILES string of the molecule is CC(N)c1cnc(CCO)s1. The second-order valence-electron chi connectivity index (χ2n) is 2.42. The molecular formula is C7H12N2OS. The van der Waals surface area contributed by atoms with Gasteiger partial charge in [0.05, 0.1) is 5.01 Å². The topological polar surface area (TPSA) is 59.1 Å². The van der Waals surface area contributed by atoms with Crippen LogP contribution < -0.4 is 5.73 Å². The van der Waals surface area contributed by atoms with E-state index in [9.17, 15) is 0 Å². The van der Waals surface area contributed by atoms with Crippen LogP contribution in [0.2, 0.25) is 0 Å². The van der Waals surface area contributed by atoms with E-state index in [4.69, 9.17) is 10.8 Å². The van der Waals surface area contributed by atoms with Crippen molar-refractivity contribution in [2.24, 2.45) is 5.73 Å². The molecule has 0 fully saturated rings. The van der Waals surface area contributed by atoms with Crippen molar-refractivity contribution in [2.75, 3.05) is 6.61 Å². The van der Waals surface area contributed by atoms with E-state index in [1.807, 2.05) is 6.92 Å². The summed E-state index contributed by atoms with van der Waals surface area (Å²) < 4.78 is 0. The maximum absolute atomic E-state index is 8.60. The number of nitrogens with two attached hydrogens (primary N) is 1. The minimum absolute atomic E-state index is 0.0555. The van der Waals surface area contributed by atoms with Crippen LogP contribution in [0.1, 0.15) is 22.9 Å². The van der Waals surface area contributed by atoms with Crippen molar-refractivity contribution >= 4 is 11.3 Å². The molecule has 1 rings (SSSR count). The number of rotatable bonds is 3. The molecule has 1 aromatic rings. The Labute approximate surface area is 69.9 Å². The van der Waals surface area contributed by atoms with Crippen molar-refractivity contribution in [3.63, 3.8) is 0 Å². The highest BCUT2D eigenvalue weighted by molar-refractivity contribution is 7.11. The molecular weight excluding hydrogens is 160 g/mol. The van der Waals surface area contributed by atoms with Crippen LogP contribution in [-0.2, 0) is 6.42 Å². The van der Waals surface area contributed by atoms with Crippen LogP contribution >= 0.6 is 11.3 Å². The number of aliphatic hydroxyl groups excluding tert-OH is 1. The zero-order valence-corrected chi connectivity index (χ0v) is 7.27. The van der Waals surface area contributed by atoms with Crippen molar-refractivity contribution in [3.05, 3.63) is 16.1 Å². The Bertz CT molecular complexity index is 222. The summed E-state index contributed by atoms with van der Waals surface area (Å²) in [5, 5.41) is 9.56. The number of hydrogen-bond acceptors (Lipinski definition) is 4. The second-order valence-corrected chi connectivity index (χ2v) is 3.57. The van der Waals surface area contributed by atoms with Gasteiger partial charge in [-0.2, -0.15) is 0 Å². The van der Waals surface area contributed by atoms with E-state index in [-0.39, 0.29) is 12.6 Å². The third-order valence-corrected chi connectivity index (χ3v) is 2.60. The Morgan fingerprint density at radius 1 is 1.82 bits per heavy atom. The summed E-state index contributed by atoms with van der Waals surface area (Å²) in [6, 6.07) is 0.0555. The van der Waals surface area contributed by atoms with E-state index in [0.29, 0.717) is 6.42 Å². The van der Waals surface area contributed by atoms with Gasteiger partial charge in [-0.05, 0) is 6.92 Å². The van der Waals surface area contributed by atoms with Crippen molar-refractivity contribution in [1.29, 1.82) is 0 Å². The lowest BCUT2D eigenvalue weighted by molar-refractivity contribution is 0.299. The van der Waals surface area contributed by atoms with Gasteiger partial charge in [0.25, 0.3) is 0 Å². The summed E-state index contributed by atoms with van der Waals surface area (Å²) in [4.78, 5) is 5.18. The zero-order valence-electron chi connectivity index (χ0n) is 6.45. The Kier molecular flexibility index (Phi) is 2.99. The molecule has 0 amide bonds. The number of thiazole rings is 1. The van der Waals surface area contributed by atoms with Crippen molar-refractivity contribution in [3.8, 4) is 0 Å². The van der Waals surface area contributed by atoms with Gasteiger partial charge in [0.15, 0.2) is 0 Å². The fraction of sp³-hybridized carbons (Fsp3) is 0.571. The van der Waals surface area contributed by atoms with E-state index in [1.54, 1.807) is 17.5 Å². The number of hydrogen-bond donors (Lipinski definition) is 2. The maximum atomic E-state index is 8.60. The molecule has 1 unspecified atom stereocenters. The first-order valence-electron chi connectivity index (χ1n) is 3.55. The lowest BCUT2D eigenvalue weighted by atomic mass is 10.3. The lowest BCUT2D eigenvalue weighted by Gasteiger charge is -1.96. The minimum Gasteiger partial charge on any atom is -0.396 e. The van der Waals surface area contributed by atoms with Crippen molar-refractivity contribution < 1.29 is 5.11 Å². The predicted molar refractivity (Wildman–Crippen MR) is 45.5 cm³/mol. The Morgan fingerprint density at radius 3 is 3.00 bits per heavy atom. The van der Waals surface area contributed by atoms with Crippen LogP contribution in [0, 0.1) is 0 Å². The van der Waals surface area contributed by atoms with E-state index in [2.05, 4.69) is 4.98 Å². The molecule has 0 saturated carbocycles. The van der Waals surface area contributed by atoms with Crippen LogP contribution in [0.4, 0.5) is 0 Å². The van der Waals surface area contributed by atoms with Gasteiger partial charge in [0.1, 0.15) is 0 Å². The van der Waals surface area contributed by atoms with Crippen molar-refractivity contribution in [2.45, 2.75) is 19.4 Å². The molecule has 1 atom stereocenters. The molecule has 0 aliphatic carbocycles. The van der Waals surface area contributed by atoms with Gasteiger partial charge in [-0.15, -0.1) is 11.3 Å². The summed E-state index contributed by atoms with van der Waals surface area (Å²) in [7, 11) is 0. The van der Waals surface area contributed by atoms with Crippen LogP contribution in [0.15, 0.2) is 6.20 Å². The third kappa shape index (κ3) is 2.25. The monoisotopic (exact) mass is 172 g/mol. The average molecular weight is 172 g/mol. The summed E-state index contributed by atoms with van der Waals surface area (Å²) in [5.41, 5.74) is 5.63. The predicted octanol–water partition coefficient (Wildman–Crippen LogP) is 0.698. The fourth-order valence-electron chi connectivity index (χ4n) is 0.746.